The summed E-state index contributed by atoms with van der Waals surface area (Å²) >= 11 is 0. The fraction of sp³-hybridized carbons (Fsp3) is 0.368. The van der Waals surface area contributed by atoms with Crippen LogP contribution in [0.25, 0.3) is 0 Å². The second kappa shape index (κ2) is 7.16. The Labute approximate surface area is 129 Å². The Morgan fingerprint density at radius 1 is 0.667 bits per heavy atom. The SMILES string of the molecule is CCc1ccccc1N(C)CN(C)c1ccccc1CC. The molecule has 0 fully saturated rings. The van der Waals surface area contributed by atoms with Gasteiger partial charge in [0.1, 0.15) is 0 Å². The molecule has 0 N–H and O–H groups in total. The lowest BCUT2D eigenvalue weighted by Crippen LogP contribution is -2.33. The number of hydrogen-bond donors (Lipinski definition) is 0. The molecule has 0 aromatic heterocycles. The van der Waals surface area contributed by atoms with E-state index in [1.54, 1.807) is 0 Å². The highest BCUT2D eigenvalue weighted by Crippen LogP contribution is 2.23. The first-order valence-corrected chi connectivity index (χ1v) is 7.75. The molecule has 0 atom stereocenters. The number of anilines is 2. The molecule has 0 aliphatic heterocycles. The zero-order valence-corrected chi connectivity index (χ0v) is 13.6. The van der Waals surface area contributed by atoms with E-state index in [1.165, 1.54) is 22.5 Å². The molecule has 0 amide bonds. The Hall–Kier alpha value is -1.96. The Balaban J connectivity index is 2.17. The molecule has 2 heteroatoms. The van der Waals surface area contributed by atoms with Crippen molar-refractivity contribution >= 4 is 11.4 Å². The van der Waals surface area contributed by atoms with Crippen LogP contribution in [0.2, 0.25) is 0 Å². The minimum absolute atomic E-state index is 0.883. The summed E-state index contributed by atoms with van der Waals surface area (Å²) in [5.74, 6) is 0. The first-order chi connectivity index (χ1) is 10.2. The number of para-hydroxylation sites is 2. The standard InChI is InChI=1S/C19H26N2/c1-5-16-11-7-9-13-18(16)20(3)15-21(4)19-14-10-8-12-17(19)6-2/h7-14H,5-6,15H2,1-4H3. The van der Waals surface area contributed by atoms with E-state index in [4.69, 9.17) is 0 Å². The van der Waals surface area contributed by atoms with E-state index in [2.05, 4.69) is 86.3 Å². The average Bonchev–Trinajstić information content (AvgIpc) is 2.54. The van der Waals surface area contributed by atoms with E-state index in [9.17, 15) is 0 Å². The zero-order valence-electron chi connectivity index (χ0n) is 13.6. The van der Waals surface area contributed by atoms with Gasteiger partial charge in [0.25, 0.3) is 0 Å². The van der Waals surface area contributed by atoms with Crippen molar-refractivity contribution in [2.75, 3.05) is 30.6 Å². The highest BCUT2D eigenvalue weighted by atomic mass is 15.3. The molecule has 0 unspecified atom stereocenters. The minimum Gasteiger partial charge on any atom is -0.357 e. The summed E-state index contributed by atoms with van der Waals surface area (Å²) in [4.78, 5) is 4.65. The Bertz CT molecular complexity index is 526. The maximum absolute atomic E-state index is 2.32. The Morgan fingerprint density at radius 2 is 1.05 bits per heavy atom. The third kappa shape index (κ3) is 3.57. The van der Waals surface area contributed by atoms with Crippen LogP contribution in [0.3, 0.4) is 0 Å². The minimum atomic E-state index is 0.883. The summed E-state index contributed by atoms with van der Waals surface area (Å²) in [7, 11) is 4.33. The molecule has 0 saturated heterocycles. The topological polar surface area (TPSA) is 6.48 Å². The number of nitrogens with zero attached hydrogens (tertiary/aromatic N) is 2. The second-order valence-electron chi connectivity index (χ2n) is 5.50. The van der Waals surface area contributed by atoms with Gasteiger partial charge in [-0.1, -0.05) is 50.2 Å². The Morgan fingerprint density at radius 3 is 1.43 bits per heavy atom. The van der Waals surface area contributed by atoms with Gasteiger partial charge in [0.05, 0.1) is 6.67 Å². The van der Waals surface area contributed by atoms with Gasteiger partial charge < -0.3 is 9.80 Å². The van der Waals surface area contributed by atoms with Gasteiger partial charge >= 0.3 is 0 Å². The summed E-state index contributed by atoms with van der Waals surface area (Å²) in [6.07, 6.45) is 2.13. The van der Waals surface area contributed by atoms with Crippen molar-refractivity contribution in [2.24, 2.45) is 0 Å². The molecule has 112 valence electrons. The van der Waals surface area contributed by atoms with Gasteiger partial charge in [0, 0.05) is 25.5 Å². The summed E-state index contributed by atoms with van der Waals surface area (Å²) in [6, 6.07) is 17.3. The molecule has 2 rings (SSSR count). The zero-order chi connectivity index (χ0) is 15.2. The molecule has 0 radical (unpaired) electrons. The van der Waals surface area contributed by atoms with Gasteiger partial charge in [-0.05, 0) is 36.1 Å². The van der Waals surface area contributed by atoms with Gasteiger partial charge in [0.2, 0.25) is 0 Å². The maximum atomic E-state index is 2.32. The van der Waals surface area contributed by atoms with E-state index >= 15 is 0 Å². The predicted molar refractivity (Wildman–Crippen MR) is 93.3 cm³/mol. The normalized spacial score (nSPS) is 10.5. The van der Waals surface area contributed by atoms with Crippen molar-refractivity contribution in [3.63, 3.8) is 0 Å². The van der Waals surface area contributed by atoms with Gasteiger partial charge in [-0.15, -0.1) is 0 Å². The highest BCUT2D eigenvalue weighted by molar-refractivity contribution is 5.57. The van der Waals surface area contributed by atoms with Crippen LogP contribution in [0.5, 0.6) is 0 Å². The molecular weight excluding hydrogens is 256 g/mol. The van der Waals surface area contributed by atoms with Crippen molar-refractivity contribution in [1.82, 2.24) is 0 Å². The smallest absolute Gasteiger partial charge is 0.0897 e. The third-order valence-corrected chi connectivity index (χ3v) is 3.99. The van der Waals surface area contributed by atoms with Gasteiger partial charge in [-0.25, -0.2) is 0 Å². The second-order valence-corrected chi connectivity index (χ2v) is 5.50. The number of hydrogen-bond acceptors (Lipinski definition) is 2. The van der Waals surface area contributed by atoms with Gasteiger partial charge in [-0.2, -0.15) is 0 Å². The molecular formula is C19H26N2. The van der Waals surface area contributed by atoms with Crippen LogP contribution in [-0.4, -0.2) is 20.8 Å². The molecule has 2 nitrogen and oxygen atoms in total. The van der Waals surface area contributed by atoms with E-state index in [-0.39, 0.29) is 0 Å². The summed E-state index contributed by atoms with van der Waals surface area (Å²) in [6.45, 7) is 5.31. The van der Waals surface area contributed by atoms with E-state index in [1.807, 2.05) is 0 Å². The Kier molecular flexibility index (Phi) is 5.26. The molecule has 0 aliphatic rings. The monoisotopic (exact) mass is 282 g/mol. The molecule has 2 aromatic rings. The van der Waals surface area contributed by atoms with Crippen molar-refractivity contribution in [3.8, 4) is 0 Å². The van der Waals surface area contributed by atoms with Crippen LogP contribution in [0, 0.1) is 0 Å². The van der Waals surface area contributed by atoms with Crippen molar-refractivity contribution in [2.45, 2.75) is 26.7 Å². The quantitative estimate of drug-likeness (QED) is 0.727. The van der Waals surface area contributed by atoms with Crippen LogP contribution in [0.15, 0.2) is 48.5 Å². The van der Waals surface area contributed by atoms with Crippen molar-refractivity contribution in [1.29, 1.82) is 0 Å². The van der Waals surface area contributed by atoms with Crippen LogP contribution in [0.1, 0.15) is 25.0 Å². The number of benzene rings is 2. The summed E-state index contributed by atoms with van der Waals surface area (Å²) in [5, 5.41) is 0. The van der Waals surface area contributed by atoms with Crippen LogP contribution in [-0.2, 0) is 12.8 Å². The lowest BCUT2D eigenvalue weighted by molar-refractivity contribution is 0.841. The lowest BCUT2D eigenvalue weighted by Gasteiger charge is -2.30. The molecule has 0 saturated carbocycles. The van der Waals surface area contributed by atoms with Gasteiger partial charge in [-0.3, -0.25) is 0 Å². The van der Waals surface area contributed by atoms with E-state index in [0.717, 1.165) is 19.5 Å². The number of aryl methyl sites for hydroxylation is 2. The van der Waals surface area contributed by atoms with Gasteiger partial charge in [0.15, 0.2) is 0 Å². The first-order valence-electron chi connectivity index (χ1n) is 7.75. The van der Waals surface area contributed by atoms with Crippen LogP contribution >= 0.6 is 0 Å². The van der Waals surface area contributed by atoms with Crippen molar-refractivity contribution < 1.29 is 0 Å². The van der Waals surface area contributed by atoms with Crippen molar-refractivity contribution in [3.05, 3.63) is 59.7 Å². The summed E-state index contributed by atoms with van der Waals surface area (Å²) < 4.78 is 0. The largest absolute Gasteiger partial charge is 0.357 e. The lowest BCUT2D eigenvalue weighted by atomic mass is 10.1. The predicted octanol–water partition coefficient (Wildman–Crippen LogP) is 4.34. The maximum Gasteiger partial charge on any atom is 0.0897 e. The molecule has 0 bridgehead atoms. The van der Waals surface area contributed by atoms with Crippen LogP contribution < -0.4 is 9.80 Å². The number of rotatable bonds is 6. The first kappa shape index (κ1) is 15.4. The molecule has 0 heterocycles. The summed E-state index contributed by atoms with van der Waals surface area (Å²) in [5.41, 5.74) is 5.44. The van der Waals surface area contributed by atoms with E-state index < -0.39 is 0 Å². The fourth-order valence-corrected chi connectivity index (χ4v) is 2.83. The van der Waals surface area contributed by atoms with Crippen LogP contribution in [0.4, 0.5) is 11.4 Å². The highest BCUT2D eigenvalue weighted by Gasteiger charge is 2.10. The molecule has 0 aliphatic carbocycles. The fourth-order valence-electron chi connectivity index (χ4n) is 2.83. The van der Waals surface area contributed by atoms with E-state index in [0.29, 0.717) is 0 Å². The molecule has 21 heavy (non-hydrogen) atoms. The molecule has 2 aromatic carbocycles. The average molecular weight is 282 g/mol. The molecule has 0 spiro atoms. The third-order valence-electron chi connectivity index (χ3n) is 3.99.